The van der Waals surface area contributed by atoms with Gasteiger partial charge in [-0.15, -0.1) is 0 Å². The van der Waals surface area contributed by atoms with E-state index >= 15 is 4.39 Å². The van der Waals surface area contributed by atoms with E-state index in [9.17, 15) is 23.2 Å². The molecule has 0 saturated carbocycles. The predicted molar refractivity (Wildman–Crippen MR) is 157 cm³/mol. The minimum atomic E-state index is -1.42. The topological polar surface area (TPSA) is 96.4 Å². The Kier molecular flexibility index (Phi) is 10.7. The fourth-order valence-corrected chi connectivity index (χ4v) is 6.24. The lowest BCUT2D eigenvalue weighted by Crippen LogP contribution is -2.49. The molecular formula is C32H38F4N4O5. The summed E-state index contributed by atoms with van der Waals surface area (Å²) in [5.74, 6) is -4.04. The van der Waals surface area contributed by atoms with Gasteiger partial charge < -0.3 is 14.2 Å². The second kappa shape index (κ2) is 14.7. The second-order valence-electron chi connectivity index (χ2n) is 11.6. The van der Waals surface area contributed by atoms with Crippen LogP contribution in [0.5, 0.6) is 11.5 Å². The van der Waals surface area contributed by atoms with Gasteiger partial charge in [-0.3, -0.25) is 24.8 Å². The predicted octanol–water partition coefficient (Wildman–Crippen LogP) is 4.95. The van der Waals surface area contributed by atoms with Crippen molar-refractivity contribution in [3.63, 3.8) is 0 Å². The standard InChI is InChI=1S/C32H38F4N4O5/c1-43-23-2-3-27-24(18-23)29(21(19-37-27)20-40-10-13-44-14-11-40)25(34)4-5-32(31(41)38-42)6-8-39(9-7-32)12-15-45-28-17-22(33)16-26(35)30(28)36/h2-3,16-19,25,42H,4-15,20H2,1H3,(H,38,41). The van der Waals surface area contributed by atoms with Gasteiger partial charge in [0.05, 0.1) is 31.3 Å². The molecule has 13 heteroatoms. The number of methoxy groups -OCH3 is 1. The molecule has 2 fully saturated rings. The summed E-state index contributed by atoms with van der Waals surface area (Å²) in [5.41, 5.74) is 2.68. The summed E-state index contributed by atoms with van der Waals surface area (Å²) < 4.78 is 73.5. The Morgan fingerprint density at radius 3 is 2.58 bits per heavy atom. The Hall–Kier alpha value is -3.52. The SMILES string of the molecule is COc1ccc2ncc(CN3CCOCC3)c(C(F)CCC3(C(=O)NO)CCN(CCOc4cc(F)cc(F)c4F)CC3)c2c1. The Bertz CT molecular complexity index is 1480. The van der Waals surface area contributed by atoms with Crippen LogP contribution in [-0.4, -0.2) is 85.6 Å². The highest BCUT2D eigenvalue weighted by Crippen LogP contribution is 2.42. The highest BCUT2D eigenvalue weighted by Gasteiger charge is 2.42. The largest absolute Gasteiger partial charge is 0.497 e. The molecule has 2 N–H and O–H groups in total. The minimum absolute atomic E-state index is 0.0317. The molecule has 3 heterocycles. The fourth-order valence-electron chi connectivity index (χ4n) is 6.24. The zero-order valence-corrected chi connectivity index (χ0v) is 25.2. The van der Waals surface area contributed by atoms with Gasteiger partial charge in [0.2, 0.25) is 11.7 Å². The molecule has 1 atom stereocenters. The van der Waals surface area contributed by atoms with E-state index < -0.39 is 40.7 Å². The van der Waals surface area contributed by atoms with E-state index in [0.717, 1.165) is 24.7 Å². The Morgan fingerprint density at radius 1 is 1.11 bits per heavy atom. The summed E-state index contributed by atoms with van der Waals surface area (Å²) in [7, 11) is 1.55. The third-order valence-corrected chi connectivity index (χ3v) is 8.91. The summed E-state index contributed by atoms with van der Waals surface area (Å²) in [5, 5.41) is 10.3. The first-order chi connectivity index (χ1) is 21.7. The van der Waals surface area contributed by atoms with E-state index in [4.69, 9.17) is 14.2 Å². The van der Waals surface area contributed by atoms with Crippen molar-refractivity contribution in [2.75, 3.05) is 59.7 Å². The minimum Gasteiger partial charge on any atom is -0.497 e. The molecule has 1 unspecified atom stereocenters. The van der Waals surface area contributed by atoms with E-state index in [-0.39, 0.29) is 19.4 Å². The molecule has 3 aromatic rings. The van der Waals surface area contributed by atoms with Crippen molar-refractivity contribution in [3.8, 4) is 11.5 Å². The maximum Gasteiger partial charge on any atom is 0.249 e. The summed E-state index contributed by atoms with van der Waals surface area (Å²) in [6.45, 7) is 4.29. The molecule has 2 aliphatic rings. The second-order valence-corrected chi connectivity index (χ2v) is 11.6. The highest BCUT2D eigenvalue weighted by molar-refractivity contribution is 5.85. The van der Waals surface area contributed by atoms with E-state index in [2.05, 4.69) is 9.88 Å². The average molecular weight is 635 g/mol. The number of aromatic nitrogens is 1. The van der Waals surface area contributed by atoms with Crippen LogP contribution in [0.3, 0.4) is 0 Å². The van der Waals surface area contributed by atoms with Crippen LogP contribution < -0.4 is 15.0 Å². The van der Waals surface area contributed by atoms with Crippen molar-refractivity contribution < 1.29 is 41.8 Å². The lowest BCUT2D eigenvalue weighted by atomic mass is 9.73. The number of piperidine rings is 1. The van der Waals surface area contributed by atoms with Gasteiger partial charge in [-0.2, -0.15) is 4.39 Å². The van der Waals surface area contributed by atoms with E-state index in [1.807, 2.05) is 4.90 Å². The fraction of sp³-hybridized carbons (Fsp3) is 0.500. The molecule has 45 heavy (non-hydrogen) atoms. The first-order valence-electron chi connectivity index (χ1n) is 15.1. The van der Waals surface area contributed by atoms with Crippen molar-refractivity contribution in [3.05, 3.63) is 65.1 Å². The van der Waals surface area contributed by atoms with Crippen molar-refractivity contribution in [1.29, 1.82) is 0 Å². The normalized spacial score (nSPS) is 18.1. The number of benzene rings is 2. The van der Waals surface area contributed by atoms with Crippen LogP contribution in [-0.2, 0) is 16.1 Å². The molecule has 0 aliphatic carbocycles. The number of halogens is 4. The van der Waals surface area contributed by atoms with Crippen molar-refractivity contribution in [1.82, 2.24) is 20.3 Å². The number of hydrogen-bond donors (Lipinski definition) is 2. The molecule has 2 aromatic carbocycles. The molecule has 1 amide bonds. The van der Waals surface area contributed by atoms with Crippen molar-refractivity contribution in [2.24, 2.45) is 5.41 Å². The molecule has 2 aliphatic heterocycles. The van der Waals surface area contributed by atoms with Gasteiger partial charge in [-0.1, -0.05) is 0 Å². The van der Waals surface area contributed by atoms with Crippen molar-refractivity contribution in [2.45, 2.75) is 38.4 Å². The molecule has 0 radical (unpaired) electrons. The molecule has 9 nitrogen and oxygen atoms in total. The van der Waals surface area contributed by atoms with Crippen LogP contribution in [0.25, 0.3) is 10.9 Å². The van der Waals surface area contributed by atoms with Crippen molar-refractivity contribution >= 4 is 16.8 Å². The summed E-state index contributed by atoms with van der Waals surface area (Å²) in [4.78, 5) is 21.7. The smallest absolute Gasteiger partial charge is 0.249 e. The highest BCUT2D eigenvalue weighted by atomic mass is 19.2. The molecule has 244 valence electrons. The summed E-state index contributed by atoms with van der Waals surface area (Å²) >= 11 is 0. The average Bonchev–Trinajstić information content (AvgIpc) is 3.06. The molecule has 1 aromatic heterocycles. The number of pyridine rings is 1. The van der Waals surface area contributed by atoms with Gasteiger partial charge in [-0.25, -0.2) is 18.7 Å². The number of ether oxygens (including phenoxy) is 3. The molecular weight excluding hydrogens is 596 g/mol. The Balaban J connectivity index is 1.27. The van der Waals surface area contributed by atoms with Crippen LogP contribution in [0.15, 0.2) is 36.5 Å². The molecule has 2 saturated heterocycles. The van der Waals surface area contributed by atoms with Gasteiger partial charge >= 0.3 is 0 Å². The van der Waals surface area contributed by atoms with Crippen LogP contribution in [0, 0.1) is 22.9 Å². The lowest BCUT2D eigenvalue weighted by Gasteiger charge is -2.40. The van der Waals surface area contributed by atoms with E-state index in [0.29, 0.717) is 80.5 Å². The van der Waals surface area contributed by atoms with Gasteiger partial charge in [0, 0.05) is 55.5 Å². The lowest BCUT2D eigenvalue weighted by molar-refractivity contribution is -0.143. The number of hydrogen-bond acceptors (Lipinski definition) is 8. The monoisotopic (exact) mass is 634 g/mol. The number of likely N-dealkylation sites (tertiary alicyclic amines) is 1. The first-order valence-corrected chi connectivity index (χ1v) is 15.1. The maximum atomic E-state index is 16.5. The van der Waals surface area contributed by atoms with Gasteiger partial charge in [0.15, 0.2) is 11.6 Å². The van der Waals surface area contributed by atoms with Gasteiger partial charge in [0.1, 0.15) is 24.3 Å². The van der Waals surface area contributed by atoms with Crippen LogP contribution in [0.1, 0.15) is 43.0 Å². The first kappa shape index (κ1) is 32.9. The molecule has 5 rings (SSSR count). The van der Waals surface area contributed by atoms with Gasteiger partial charge in [-0.05, 0) is 62.5 Å². The molecule has 0 spiro atoms. The number of alkyl halides is 1. The maximum absolute atomic E-state index is 16.5. The number of fused-ring (bicyclic) bond motifs is 1. The number of rotatable bonds is 12. The Morgan fingerprint density at radius 2 is 1.87 bits per heavy atom. The number of carbonyl (C=O) groups excluding carboxylic acids is 1. The van der Waals surface area contributed by atoms with Crippen LogP contribution in [0.4, 0.5) is 17.6 Å². The number of nitrogens with one attached hydrogen (secondary N) is 1. The van der Waals surface area contributed by atoms with Gasteiger partial charge in [0.25, 0.3) is 0 Å². The van der Waals surface area contributed by atoms with E-state index in [1.165, 1.54) is 0 Å². The zero-order valence-electron chi connectivity index (χ0n) is 25.2. The summed E-state index contributed by atoms with van der Waals surface area (Å²) in [6, 6.07) is 6.59. The number of amides is 1. The number of hydroxylamine groups is 1. The third-order valence-electron chi connectivity index (χ3n) is 8.91. The number of morpholine rings is 1. The molecule has 0 bridgehead atoms. The van der Waals surface area contributed by atoms with E-state index in [1.54, 1.807) is 37.0 Å². The zero-order chi connectivity index (χ0) is 32.0. The third kappa shape index (κ3) is 7.66. The summed E-state index contributed by atoms with van der Waals surface area (Å²) in [6.07, 6.45) is 1.18. The van der Waals surface area contributed by atoms with Crippen LogP contribution >= 0.6 is 0 Å². The number of nitrogens with zero attached hydrogens (tertiary/aromatic N) is 3. The Labute approximate surface area is 259 Å². The quantitative estimate of drug-likeness (QED) is 0.125. The number of carbonyl (C=O) groups is 1. The van der Waals surface area contributed by atoms with Crippen LogP contribution in [0.2, 0.25) is 0 Å².